The van der Waals surface area contributed by atoms with Gasteiger partial charge in [0.15, 0.2) is 6.10 Å². The summed E-state index contributed by atoms with van der Waals surface area (Å²) in [5, 5.41) is 0. The Morgan fingerprint density at radius 2 is 2.24 bits per heavy atom. The molecule has 6 rings (SSSR count). The van der Waals surface area contributed by atoms with Crippen molar-refractivity contribution in [1.29, 1.82) is 0 Å². The first-order valence-corrected chi connectivity index (χ1v) is 9.06. The molecule has 1 aromatic carbocycles. The highest BCUT2D eigenvalue weighted by Gasteiger charge is 2.67. The molecular formula is C21H20N2O2. The van der Waals surface area contributed by atoms with Crippen molar-refractivity contribution < 1.29 is 9.53 Å². The smallest absolute Gasteiger partial charge is 0.153 e. The van der Waals surface area contributed by atoms with E-state index in [9.17, 15) is 4.79 Å². The predicted octanol–water partition coefficient (Wildman–Crippen LogP) is 2.50. The number of aromatic nitrogens is 1. The Morgan fingerprint density at radius 1 is 1.36 bits per heavy atom. The quantitative estimate of drug-likeness (QED) is 0.754. The maximum atomic E-state index is 12.1. The van der Waals surface area contributed by atoms with Gasteiger partial charge in [-0.3, -0.25) is 4.90 Å². The molecule has 2 aromatic rings. The highest BCUT2D eigenvalue weighted by Crippen LogP contribution is 2.66. The second-order valence-corrected chi connectivity index (χ2v) is 8.10. The molecule has 1 fully saturated rings. The zero-order valence-electron chi connectivity index (χ0n) is 14.4. The number of piperidine rings is 1. The number of likely N-dealkylation sites (N-methyl/N-ethyl adjacent to an activating group) is 1. The number of nitrogens with zero attached hydrogens (tertiary/aromatic N) is 1. The minimum Gasteiger partial charge on any atom is -0.483 e. The monoisotopic (exact) mass is 332 g/mol. The molecule has 126 valence electrons. The fourth-order valence-electron chi connectivity index (χ4n) is 6.21. The SMILES string of the molecule is Cc1c[nH]c2c1CC1C3Cc4cccc5c4C1(C(=C=O)CN3C)C2O5. The summed E-state index contributed by atoms with van der Waals surface area (Å²) in [7, 11) is 2.15. The predicted molar refractivity (Wildman–Crippen MR) is 93.5 cm³/mol. The Kier molecular flexibility index (Phi) is 2.38. The Labute approximate surface area is 146 Å². The average Bonchev–Trinajstić information content (AvgIpc) is 3.15. The van der Waals surface area contributed by atoms with E-state index in [1.165, 1.54) is 22.3 Å². The van der Waals surface area contributed by atoms with Crippen LogP contribution in [0, 0.1) is 12.8 Å². The lowest BCUT2D eigenvalue weighted by Crippen LogP contribution is -2.63. The van der Waals surface area contributed by atoms with Gasteiger partial charge in [-0.1, -0.05) is 12.1 Å². The van der Waals surface area contributed by atoms with Crippen molar-refractivity contribution in [3.05, 3.63) is 57.9 Å². The van der Waals surface area contributed by atoms with Crippen LogP contribution in [0.25, 0.3) is 0 Å². The Hall–Kier alpha value is -2.29. The third kappa shape index (κ3) is 1.36. The number of ether oxygens (including phenoxy) is 1. The third-order valence-corrected chi connectivity index (χ3v) is 7.19. The van der Waals surface area contributed by atoms with Gasteiger partial charge in [0.1, 0.15) is 11.7 Å². The summed E-state index contributed by atoms with van der Waals surface area (Å²) in [6.45, 7) is 2.85. The first-order valence-electron chi connectivity index (χ1n) is 9.06. The summed E-state index contributed by atoms with van der Waals surface area (Å²) in [6, 6.07) is 6.81. The molecule has 4 atom stereocenters. The van der Waals surface area contributed by atoms with Gasteiger partial charge in [-0.15, -0.1) is 0 Å². The van der Waals surface area contributed by atoms with Gasteiger partial charge < -0.3 is 9.72 Å². The molecule has 4 heteroatoms. The van der Waals surface area contributed by atoms with Gasteiger partial charge in [0, 0.05) is 29.9 Å². The first-order chi connectivity index (χ1) is 12.2. The Morgan fingerprint density at radius 3 is 3.08 bits per heavy atom. The summed E-state index contributed by atoms with van der Waals surface area (Å²) in [5.41, 5.74) is 6.98. The summed E-state index contributed by atoms with van der Waals surface area (Å²) in [6.07, 6.45) is 3.99. The van der Waals surface area contributed by atoms with E-state index in [4.69, 9.17) is 4.74 Å². The molecule has 1 aromatic heterocycles. The van der Waals surface area contributed by atoms with E-state index < -0.39 is 0 Å². The van der Waals surface area contributed by atoms with Crippen molar-refractivity contribution in [3.63, 3.8) is 0 Å². The maximum Gasteiger partial charge on any atom is 0.153 e. The number of aromatic amines is 1. The molecule has 2 bridgehead atoms. The molecule has 1 saturated heterocycles. The van der Waals surface area contributed by atoms with Gasteiger partial charge in [-0.25, -0.2) is 4.79 Å². The summed E-state index contributed by atoms with van der Waals surface area (Å²) < 4.78 is 6.54. The number of rotatable bonds is 0. The molecule has 4 aliphatic rings. The lowest BCUT2D eigenvalue weighted by atomic mass is 9.50. The minimum absolute atomic E-state index is 0.126. The lowest BCUT2D eigenvalue weighted by Gasteiger charge is -2.57. The molecule has 1 spiro atoms. The number of nitrogens with one attached hydrogen (secondary N) is 1. The van der Waals surface area contributed by atoms with Crippen LogP contribution in [-0.4, -0.2) is 35.5 Å². The van der Waals surface area contributed by atoms with Crippen LogP contribution in [0.3, 0.4) is 0 Å². The number of H-pyrrole nitrogens is 1. The van der Waals surface area contributed by atoms with Crippen LogP contribution in [0.2, 0.25) is 0 Å². The molecule has 2 aliphatic heterocycles. The van der Waals surface area contributed by atoms with E-state index in [0.717, 1.165) is 29.9 Å². The van der Waals surface area contributed by atoms with Gasteiger partial charge in [-0.05, 0) is 55.5 Å². The molecular weight excluding hydrogens is 312 g/mol. The van der Waals surface area contributed by atoms with E-state index in [1.807, 2.05) is 0 Å². The van der Waals surface area contributed by atoms with Crippen LogP contribution in [0.1, 0.15) is 34.1 Å². The Bertz CT molecular complexity index is 984. The number of fused-ring (bicyclic) bond motifs is 2. The van der Waals surface area contributed by atoms with Crippen molar-refractivity contribution in [2.45, 2.75) is 37.3 Å². The number of carbonyl (C=O) groups excluding carboxylic acids is 1. The van der Waals surface area contributed by atoms with Gasteiger partial charge >= 0.3 is 0 Å². The van der Waals surface area contributed by atoms with E-state index in [0.29, 0.717) is 18.5 Å². The fourth-order valence-corrected chi connectivity index (χ4v) is 6.21. The van der Waals surface area contributed by atoms with Gasteiger partial charge in [-0.2, -0.15) is 0 Å². The number of aryl methyl sites for hydroxylation is 1. The highest BCUT2D eigenvalue weighted by atomic mass is 16.5. The third-order valence-electron chi connectivity index (χ3n) is 7.19. The molecule has 4 nitrogen and oxygen atoms in total. The van der Waals surface area contributed by atoms with E-state index in [2.05, 4.69) is 54.2 Å². The molecule has 3 heterocycles. The molecule has 0 amide bonds. The Balaban J connectivity index is 1.76. The topological polar surface area (TPSA) is 45.3 Å². The summed E-state index contributed by atoms with van der Waals surface area (Å²) in [4.78, 5) is 17.9. The van der Waals surface area contributed by atoms with Crippen molar-refractivity contribution in [2.24, 2.45) is 5.92 Å². The zero-order valence-corrected chi connectivity index (χ0v) is 14.4. The largest absolute Gasteiger partial charge is 0.483 e. The van der Waals surface area contributed by atoms with Crippen LogP contribution < -0.4 is 4.74 Å². The molecule has 1 N–H and O–H groups in total. The molecule has 0 saturated carbocycles. The van der Waals surface area contributed by atoms with Crippen LogP contribution in [0.15, 0.2) is 30.0 Å². The second kappa shape index (κ2) is 4.27. The second-order valence-electron chi connectivity index (χ2n) is 8.10. The van der Waals surface area contributed by atoms with Crippen LogP contribution in [0.5, 0.6) is 5.75 Å². The van der Waals surface area contributed by atoms with Crippen molar-refractivity contribution >= 4 is 5.94 Å². The highest BCUT2D eigenvalue weighted by molar-refractivity contribution is 5.70. The normalized spacial score (nSPS) is 34.2. The standard InChI is InChI=1S/C21H20N2O2/c1-11-8-22-19-14(11)7-15-16-6-12-4-3-5-17-18(12)21(15,20(19)25-17)13(10-24)9-23(16)2/h3-5,8,15-16,20,22H,6-7,9H2,1-2H3. The maximum absolute atomic E-state index is 12.1. The van der Waals surface area contributed by atoms with Crippen LogP contribution in [0.4, 0.5) is 0 Å². The molecule has 25 heavy (non-hydrogen) atoms. The minimum atomic E-state index is -0.340. The lowest BCUT2D eigenvalue weighted by molar-refractivity contribution is 0.0140. The number of hydrogen-bond donors (Lipinski definition) is 1. The van der Waals surface area contributed by atoms with Gasteiger partial charge in [0.05, 0.1) is 11.1 Å². The first kappa shape index (κ1) is 13.9. The van der Waals surface area contributed by atoms with Gasteiger partial charge in [0.25, 0.3) is 0 Å². The van der Waals surface area contributed by atoms with Gasteiger partial charge in [0.2, 0.25) is 0 Å². The summed E-state index contributed by atoms with van der Waals surface area (Å²) in [5.74, 6) is 3.68. The van der Waals surface area contributed by atoms with E-state index in [1.54, 1.807) is 0 Å². The number of benzene rings is 1. The van der Waals surface area contributed by atoms with Crippen LogP contribution in [-0.2, 0) is 23.1 Å². The van der Waals surface area contributed by atoms with E-state index >= 15 is 0 Å². The van der Waals surface area contributed by atoms with Crippen molar-refractivity contribution in [1.82, 2.24) is 9.88 Å². The van der Waals surface area contributed by atoms with Crippen molar-refractivity contribution in [3.8, 4) is 5.75 Å². The number of hydrogen-bond acceptors (Lipinski definition) is 3. The zero-order chi connectivity index (χ0) is 16.9. The molecule has 2 aliphatic carbocycles. The fraction of sp³-hybridized carbons (Fsp3) is 0.429. The average molecular weight is 332 g/mol. The summed E-state index contributed by atoms with van der Waals surface area (Å²) >= 11 is 0. The molecule has 4 unspecified atom stereocenters. The van der Waals surface area contributed by atoms with Crippen LogP contribution >= 0.6 is 0 Å². The van der Waals surface area contributed by atoms with Crippen molar-refractivity contribution in [2.75, 3.05) is 13.6 Å². The van der Waals surface area contributed by atoms with E-state index in [-0.39, 0.29) is 11.5 Å². The number of likely N-dealkylation sites (tertiary alicyclic amines) is 1. The molecule has 0 radical (unpaired) electrons.